The lowest BCUT2D eigenvalue weighted by atomic mass is 9.78. The molecule has 0 aromatic rings. The van der Waals surface area contributed by atoms with Crippen molar-refractivity contribution in [2.75, 3.05) is 0 Å². The number of hydrogen-bond donors (Lipinski definition) is 0. The number of carbonyl (C=O) groups excluding carboxylic acids is 3. The molecule has 0 N–H and O–H groups in total. The standard InChI is InChI=1S/C19H18O4/c1-4(20)23-19-15-13-11-8(17(15)21)5-2-3-6-7(5)10(11)12-9(6)18(22)16(19)14(12)13/h2-3,5-16,19H,1H3/t5-,6-,7?,8-,9+,10?,11-,12-,13+,14-,15+,16+,19?/m0/s1. The molecule has 0 amide bonds. The highest BCUT2D eigenvalue weighted by Crippen LogP contribution is 2.82. The Labute approximate surface area is 133 Å². The molecule has 7 rings (SSSR count). The van der Waals surface area contributed by atoms with Gasteiger partial charge in [-0.1, -0.05) is 12.2 Å². The molecular weight excluding hydrogens is 292 g/mol. The van der Waals surface area contributed by atoms with Crippen molar-refractivity contribution in [1.29, 1.82) is 0 Å². The summed E-state index contributed by atoms with van der Waals surface area (Å²) in [5, 5.41) is 0. The molecule has 6 fully saturated rings. The Balaban J connectivity index is 1.50. The second-order valence-corrected chi connectivity index (χ2v) is 8.99. The number of ether oxygens (including phenoxy) is 1. The lowest BCUT2D eigenvalue weighted by molar-refractivity contribution is -0.154. The van der Waals surface area contributed by atoms with E-state index in [9.17, 15) is 14.4 Å². The number of hydrogen-bond acceptors (Lipinski definition) is 4. The fourth-order valence-corrected chi connectivity index (χ4v) is 9.13. The van der Waals surface area contributed by atoms with Gasteiger partial charge in [0, 0.05) is 18.8 Å². The van der Waals surface area contributed by atoms with E-state index in [0.29, 0.717) is 58.9 Å². The van der Waals surface area contributed by atoms with E-state index in [-0.39, 0.29) is 29.6 Å². The van der Waals surface area contributed by atoms with E-state index in [1.807, 2.05) is 0 Å². The first kappa shape index (κ1) is 12.0. The van der Waals surface area contributed by atoms with Crippen molar-refractivity contribution in [3.05, 3.63) is 12.2 Å². The van der Waals surface area contributed by atoms with E-state index in [4.69, 9.17) is 4.74 Å². The third-order valence-corrected chi connectivity index (χ3v) is 8.92. The van der Waals surface area contributed by atoms with E-state index < -0.39 is 6.10 Å². The number of rotatable bonds is 1. The molecule has 13 atom stereocenters. The van der Waals surface area contributed by atoms with Gasteiger partial charge in [-0.15, -0.1) is 0 Å². The summed E-state index contributed by atoms with van der Waals surface area (Å²) in [6, 6.07) is 0. The van der Waals surface area contributed by atoms with Crippen molar-refractivity contribution in [2.24, 2.45) is 71.0 Å². The largest absolute Gasteiger partial charge is 0.461 e. The molecule has 0 aliphatic heterocycles. The molecule has 0 radical (unpaired) electrons. The molecule has 0 bridgehead atoms. The number of esters is 1. The second-order valence-electron chi connectivity index (χ2n) is 8.99. The van der Waals surface area contributed by atoms with Crippen molar-refractivity contribution in [1.82, 2.24) is 0 Å². The maximum atomic E-state index is 13.2. The number of carbonyl (C=O) groups is 3. The van der Waals surface area contributed by atoms with E-state index in [2.05, 4.69) is 12.2 Å². The molecule has 3 unspecified atom stereocenters. The van der Waals surface area contributed by atoms with Crippen LogP contribution in [0.25, 0.3) is 0 Å². The average Bonchev–Trinajstić information content (AvgIpc) is 3.20. The summed E-state index contributed by atoms with van der Waals surface area (Å²) in [4.78, 5) is 38.1. The minimum absolute atomic E-state index is 0.155. The van der Waals surface area contributed by atoms with E-state index in [0.717, 1.165) is 0 Å². The number of fused-ring (bicyclic) bond motifs is 2. The lowest BCUT2D eigenvalue weighted by Gasteiger charge is -2.28. The zero-order valence-corrected chi connectivity index (χ0v) is 12.8. The van der Waals surface area contributed by atoms with Crippen LogP contribution in [0.1, 0.15) is 6.92 Å². The number of ketones is 2. The fourth-order valence-electron chi connectivity index (χ4n) is 9.13. The molecule has 0 aromatic heterocycles. The van der Waals surface area contributed by atoms with Gasteiger partial charge < -0.3 is 4.74 Å². The summed E-state index contributed by atoms with van der Waals surface area (Å²) in [5.41, 5.74) is 0. The van der Waals surface area contributed by atoms with E-state index >= 15 is 0 Å². The molecular formula is C19H18O4. The van der Waals surface area contributed by atoms with Crippen molar-refractivity contribution in [3.8, 4) is 0 Å². The highest BCUT2D eigenvalue weighted by molar-refractivity contribution is 5.96. The van der Waals surface area contributed by atoms with Gasteiger partial charge in [0.05, 0.1) is 11.8 Å². The van der Waals surface area contributed by atoms with Crippen LogP contribution in [0.4, 0.5) is 0 Å². The molecule has 0 spiro atoms. The summed E-state index contributed by atoms with van der Waals surface area (Å²) >= 11 is 0. The van der Waals surface area contributed by atoms with Gasteiger partial charge >= 0.3 is 5.97 Å². The highest BCUT2D eigenvalue weighted by Gasteiger charge is 2.85. The van der Waals surface area contributed by atoms with Gasteiger partial charge in [0.15, 0.2) is 0 Å². The molecule has 23 heavy (non-hydrogen) atoms. The van der Waals surface area contributed by atoms with Crippen LogP contribution in [0, 0.1) is 71.0 Å². The van der Waals surface area contributed by atoms with Gasteiger partial charge in [-0.3, -0.25) is 14.4 Å². The van der Waals surface area contributed by atoms with Gasteiger partial charge in [-0.2, -0.15) is 0 Å². The Bertz CT molecular complexity index is 700. The SMILES string of the molecule is CC(=O)OC1[C@H]2C(=O)[C@@H]3[C@H]4C5C6[C@@H]3C=C[C@@H]6[C@H]3C(=O)[C@H]1[C@@H]([C@H]53)[C@@H]42. The van der Waals surface area contributed by atoms with Crippen LogP contribution in [0.3, 0.4) is 0 Å². The summed E-state index contributed by atoms with van der Waals surface area (Å²) in [6.07, 6.45) is 4.05. The Kier molecular flexibility index (Phi) is 1.67. The Morgan fingerprint density at radius 3 is 1.74 bits per heavy atom. The maximum absolute atomic E-state index is 13.2. The maximum Gasteiger partial charge on any atom is 0.302 e. The quantitative estimate of drug-likeness (QED) is 0.537. The molecule has 6 saturated carbocycles. The summed E-state index contributed by atoms with van der Waals surface area (Å²) in [7, 11) is 0. The molecule has 4 heteroatoms. The van der Waals surface area contributed by atoms with Crippen LogP contribution >= 0.6 is 0 Å². The predicted molar refractivity (Wildman–Crippen MR) is 76.6 cm³/mol. The predicted octanol–water partition coefficient (Wildman–Crippen LogP) is 1.10. The van der Waals surface area contributed by atoms with E-state index in [1.54, 1.807) is 0 Å². The Morgan fingerprint density at radius 1 is 0.783 bits per heavy atom. The van der Waals surface area contributed by atoms with Gasteiger partial charge in [0.1, 0.15) is 17.7 Å². The Hall–Kier alpha value is -1.45. The van der Waals surface area contributed by atoms with Crippen LogP contribution in [0.15, 0.2) is 12.2 Å². The molecule has 0 saturated heterocycles. The molecule has 4 nitrogen and oxygen atoms in total. The smallest absolute Gasteiger partial charge is 0.302 e. The summed E-state index contributed by atoms with van der Waals surface area (Å²) in [6.45, 7) is 1.40. The van der Waals surface area contributed by atoms with Gasteiger partial charge in [0.2, 0.25) is 0 Å². The zero-order valence-electron chi connectivity index (χ0n) is 12.8. The van der Waals surface area contributed by atoms with Crippen LogP contribution in [-0.4, -0.2) is 23.6 Å². The molecule has 0 aromatic carbocycles. The van der Waals surface area contributed by atoms with Crippen LogP contribution < -0.4 is 0 Å². The second kappa shape index (κ2) is 3.20. The molecule has 118 valence electrons. The van der Waals surface area contributed by atoms with Crippen LogP contribution in [0.2, 0.25) is 0 Å². The van der Waals surface area contributed by atoms with Crippen molar-refractivity contribution >= 4 is 17.5 Å². The Morgan fingerprint density at radius 2 is 1.26 bits per heavy atom. The molecule has 7 aliphatic rings. The number of allylic oxidation sites excluding steroid dienone is 2. The minimum atomic E-state index is -0.461. The third-order valence-electron chi connectivity index (χ3n) is 8.92. The van der Waals surface area contributed by atoms with Gasteiger partial charge in [0.25, 0.3) is 0 Å². The summed E-state index contributed by atoms with van der Waals surface area (Å²) in [5.74, 6) is 3.70. The lowest BCUT2D eigenvalue weighted by Crippen LogP contribution is -2.39. The fraction of sp³-hybridized carbons (Fsp3) is 0.737. The summed E-state index contributed by atoms with van der Waals surface area (Å²) < 4.78 is 5.61. The first-order chi connectivity index (χ1) is 11.1. The zero-order chi connectivity index (χ0) is 15.4. The van der Waals surface area contributed by atoms with Crippen LogP contribution in [-0.2, 0) is 19.1 Å². The van der Waals surface area contributed by atoms with Crippen molar-refractivity contribution in [2.45, 2.75) is 13.0 Å². The topological polar surface area (TPSA) is 60.4 Å². The van der Waals surface area contributed by atoms with Gasteiger partial charge in [-0.05, 0) is 47.3 Å². The molecule has 7 aliphatic carbocycles. The van der Waals surface area contributed by atoms with Crippen molar-refractivity contribution < 1.29 is 19.1 Å². The van der Waals surface area contributed by atoms with E-state index in [1.165, 1.54) is 6.92 Å². The molecule has 0 heterocycles. The van der Waals surface area contributed by atoms with Crippen molar-refractivity contribution in [3.63, 3.8) is 0 Å². The average molecular weight is 310 g/mol. The van der Waals surface area contributed by atoms with Gasteiger partial charge in [-0.25, -0.2) is 0 Å². The minimum Gasteiger partial charge on any atom is -0.461 e. The highest BCUT2D eigenvalue weighted by atomic mass is 16.5. The first-order valence-electron chi connectivity index (χ1n) is 9.04. The normalized spacial score (nSPS) is 67.1. The number of Topliss-reactive ketones (excluding diaryl/α,β-unsaturated/α-hetero) is 2. The van der Waals surface area contributed by atoms with Crippen LogP contribution in [0.5, 0.6) is 0 Å². The third kappa shape index (κ3) is 0.923. The first-order valence-corrected chi connectivity index (χ1v) is 9.04. The monoisotopic (exact) mass is 310 g/mol.